The summed E-state index contributed by atoms with van der Waals surface area (Å²) in [6.07, 6.45) is 3.53. The van der Waals surface area contributed by atoms with Gasteiger partial charge in [-0.2, -0.15) is 0 Å². The van der Waals surface area contributed by atoms with Gasteiger partial charge in [0.05, 0.1) is 0 Å². The fourth-order valence-corrected chi connectivity index (χ4v) is 1.79. The van der Waals surface area contributed by atoms with Crippen molar-refractivity contribution in [2.45, 2.75) is 0 Å². The summed E-state index contributed by atoms with van der Waals surface area (Å²) < 4.78 is 0. The van der Waals surface area contributed by atoms with Gasteiger partial charge in [0.1, 0.15) is 0 Å². The molecule has 2 aliphatic rings. The SMILES string of the molecule is c1ccc2cc(-c3ncccn3)cc-2cc1. The van der Waals surface area contributed by atoms with Crippen LogP contribution >= 0.6 is 0 Å². The smallest absolute Gasteiger partial charge is 0.159 e. The molecule has 0 aliphatic heterocycles. The summed E-state index contributed by atoms with van der Waals surface area (Å²) in [6, 6.07) is 16.4. The second-order valence-corrected chi connectivity index (χ2v) is 3.64. The van der Waals surface area contributed by atoms with E-state index in [1.54, 1.807) is 12.4 Å². The third-order valence-corrected chi connectivity index (χ3v) is 2.55. The van der Waals surface area contributed by atoms with Crippen molar-refractivity contribution in [2.75, 3.05) is 0 Å². The van der Waals surface area contributed by atoms with Crippen molar-refractivity contribution in [1.29, 1.82) is 0 Å². The molecule has 0 aromatic carbocycles. The summed E-state index contributed by atoms with van der Waals surface area (Å²) in [5.41, 5.74) is 3.50. The number of aromatic nitrogens is 2. The molecular weight excluding hydrogens is 196 g/mol. The van der Waals surface area contributed by atoms with E-state index in [1.807, 2.05) is 24.3 Å². The third kappa shape index (κ3) is 1.54. The minimum atomic E-state index is 0.779. The monoisotopic (exact) mass is 206 g/mol. The van der Waals surface area contributed by atoms with Crippen LogP contribution in [-0.2, 0) is 0 Å². The normalized spacial score (nSPS) is 10.5. The van der Waals surface area contributed by atoms with E-state index in [0.717, 1.165) is 11.4 Å². The molecule has 0 fully saturated rings. The topological polar surface area (TPSA) is 25.8 Å². The Labute approximate surface area is 94.0 Å². The van der Waals surface area contributed by atoms with Crippen LogP contribution < -0.4 is 0 Å². The Kier molecular flexibility index (Phi) is 2.11. The number of hydrogen-bond acceptors (Lipinski definition) is 2. The van der Waals surface area contributed by atoms with E-state index in [9.17, 15) is 0 Å². The fraction of sp³-hybridized carbons (Fsp3) is 0. The first-order valence-corrected chi connectivity index (χ1v) is 5.20. The minimum Gasteiger partial charge on any atom is -0.237 e. The molecule has 0 saturated heterocycles. The van der Waals surface area contributed by atoms with E-state index in [0.29, 0.717) is 0 Å². The summed E-state index contributed by atoms with van der Waals surface area (Å²) in [7, 11) is 0. The van der Waals surface area contributed by atoms with Gasteiger partial charge in [-0.3, -0.25) is 0 Å². The molecule has 0 amide bonds. The lowest BCUT2D eigenvalue weighted by Gasteiger charge is -1.92. The van der Waals surface area contributed by atoms with E-state index in [1.165, 1.54) is 11.1 Å². The molecule has 2 aliphatic carbocycles. The first-order valence-electron chi connectivity index (χ1n) is 5.20. The van der Waals surface area contributed by atoms with Crippen molar-refractivity contribution in [1.82, 2.24) is 9.97 Å². The van der Waals surface area contributed by atoms with E-state index in [2.05, 4.69) is 34.2 Å². The van der Waals surface area contributed by atoms with Gasteiger partial charge in [0.15, 0.2) is 5.82 Å². The maximum atomic E-state index is 4.25. The lowest BCUT2D eigenvalue weighted by molar-refractivity contribution is 1.18. The second kappa shape index (κ2) is 3.74. The Hall–Kier alpha value is -2.22. The molecule has 2 nitrogen and oxygen atoms in total. The lowest BCUT2D eigenvalue weighted by atomic mass is 10.2. The molecule has 3 rings (SSSR count). The van der Waals surface area contributed by atoms with Gasteiger partial charge in [-0.1, -0.05) is 30.3 Å². The van der Waals surface area contributed by atoms with Crippen molar-refractivity contribution in [3.05, 3.63) is 60.9 Å². The van der Waals surface area contributed by atoms with Gasteiger partial charge in [-0.25, -0.2) is 9.97 Å². The zero-order valence-electron chi connectivity index (χ0n) is 8.67. The largest absolute Gasteiger partial charge is 0.237 e. The molecule has 0 N–H and O–H groups in total. The maximum Gasteiger partial charge on any atom is 0.159 e. The van der Waals surface area contributed by atoms with Gasteiger partial charge in [0.25, 0.3) is 0 Å². The first kappa shape index (κ1) is 9.04. The van der Waals surface area contributed by atoms with Crippen LogP contribution in [0.25, 0.3) is 22.5 Å². The number of fused-ring (bicyclic) bond motifs is 1. The van der Waals surface area contributed by atoms with Crippen LogP contribution in [0.1, 0.15) is 0 Å². The summed E-state index contributed by atoms with van der Waals surface area (Å²) in [4.78, 5) is 8.50. The second-order valence-electron chi connectivity index (χ2n) is 3.64. The summed E-state index contributed by atoms with van der Waals surface area (Å²) in [5, 5.41) is 0. The number of rotatable bonds is 1. The zero-order chi connectivity index (χ0) is 10.8. The Morgan fingerprint density at radius 1 is 0.625 bits per heavy atom. The van der Waals surface area contributed by atoms with E-state index >= 15 is 0 Å². The number of nitrogens with zero attached hydrogens (tertiary/aromatic N) is 2. The molecular formula is C14H10N2. The van der Waals surface area contributed by atoms with Crippen LogP contribution in [-0.4, -0.2) is 9.97 Å². The molecule has 1 heterocycles. The van der Waals surface area contributed by atoms with Gasteiger partial charge in [-0.15, -0.1) is 0 Å². The highest BCUT2D eigenvalue weighted by molar-refractivity contribution is 5.77. The van der Waals surface area contributed by atoms with Gasteiger partial charge < -0.3 is 0 Å². The van der Waals surface area contributed by atoms with Crippen LogP contribution in [0, 0.1) is 0 Å². The van der Waals surface area contributed by atoms with Gasteiger partial charge >= 0.3 is 0 Å². The third-order valence-electron chi connectivity index (χ3n) is 2.55. The molecule has 76 valence electrons. The van der Waals surface area contributed by atoms with E-state index < -0.39 is 0 Å². The summed E-state index contributed by atoms with van der Waals surface area (Å²) in [5.74, 6) is 0.779. The Bertz CT molecular complexity index is 545. The quantitative estimate of drug-likeness (QED) is 0.610. The highest BCUT2D eigenvalue weighted by Crippen LogP contribution is 2.29. The average molecular weight is 206 g/mol. The summed E-state index contributed by atoms with van der Waals surface area (Å²) in [6.45, 7) is 0. The Morgan fingerprint density at radius 3 is 1.88 bits per heavy atom. The molecule has 0 bridgehead atoms. The van der Waals surface area contributed by atoms with Crippen LogP contribution in [0.15, 0.2) is 60.9 Å². The standard InChI is InChI=1S/C14H10N2/c1-2-5-11-9-13(10-12(11)6-3-1)14-15-7-4-8-16-14/h1-10H. The zero-order valence-corrected chi connectivity index (χ0v) is 8.67. The summed E-state index contributed by atoms with van der Waals surface area (Å²) >= 11 is 0. The van der Waals surface area contributed by atoms with Crippen LogP contribution in [0.2, 0.25) is 0 Å². The highest BCUT2D eigenvalue weighted by atomic mass is 14.8. The Balaban J connectivity index is 2.18. The van der Waals surface area contributed by atoms with Crippen molar-refractivity contribution >= 4 is 0 Å². The van der Waals surface area contributed by atoms with Crippen molar-refractivity contribution in [3.8, 4) is 22.5 Å². The molecule has 0 spiro atoms. The van der Waals surface area contributed by atoms with Crippen molar-refractivity contribution < 1.29 is 0 Å². The van der Waals surface area contributed by atoms with Crippen molar-refractivity contribution in [2.24, 2.45) is 0 Å². The van der Waals surface area contributed by atoms with E-state index in [-0.39, 0.29) is 0 Å². The fourth-order valence-electron chi connectivity index (χ4n) is 1.79. The molecule has 0 unspecified atom stereocenters. The lowest BCUT2D eigenvalue weighted by Crippen LogP contribution is -1.82. The first-order chi connectivity index (χ1) is 7.93. The van der Waals surface area contributed by atoms with Crippen LogP contribution in [0.5, 0.6) is 0 Å². The average Bonchev–Trinajstić information content (AvgIpc) is 2.62. The number of hydrogen-bond donors (Lipinski definition) is 0. The molecule has 0 atom stereocenters. The molecule has 16 heavy (non-hydrogen) atoms. The van der Waals surface area contributed by atoms with Gasteiger partial charge in [0, 0.05) is 18.0 Å². The maximum absolute atomic E-state index is 4.25. The minimum absolute atomic E-state index is 0.779. The van der Waals surface area contributed by atoms with Gasteiger partial charge in [-0.05, 0) is 29.3 Å². The Morgan fingerprint density at radius 2 is 1.25 bits per heavy atom. The van der Waals surface area contributed by atoms with Crippen LogP contribution in [0.3, 0.4) is 0 Å². The molecule has 0 radical (unpaired) electrons. The predicted octanol–water partition coefficient (Wildman–Crippen LogP) is 3.25. The molecule has 2 heteroatoms. The molecule has 1 aromatic rings. The van der Waals surface area contributed by atoms with E-state index in [4.69, 9.17) is 0 Å². The molecule has 0 saturated carbocycles. The van der Waals surface area contributed by atoms with Gasteiger partial charge in [0.2, 0.25) is 0 Å². The van der Waals surface area contributed by atoms with Crippen LogP contribution in [0.4, 0.5) is 0 Å². The highest BCUT2D eigenvalue weighted by Gasteiger charge is 2.07. The van der Waals surface area contributed by atoms with Crippen molar-refractivity contribution in [3.63, 3.8) is 0 Å². The molecule has 1 aromatic heterocycles. The predicted molar refractivity (Wildman–Crippen MR) is 64.1 cm³/mol.